The molecule has 1 aromatic heterocycles. The van der Waals surface area contributed by atoms with E-state index in [0.717, 1.165) is 18.7 Å². The van der Waals surface area contributed by atoms with Gasteiger partial charge in [-0.05, 0) is 19.3 Å². The van der Waals surface area contributed by atoms with Crippen molar-refractivity contribution in [3.8, 4) is 0 Å². The SMILES string of the molecule is CCCC(N)c1noc(C2CCCCCC2)n1. The summed E-state index contributed by atoms with van der Waals surface area (Å²) in [7, 11) is 0. The average molecular weight is 237 g/mol. The third-order valence-electron chi connectivity index (χ3n) is 3.59. The fraction of sp³-hybridized carbons (Fsp3) is 0.846. The highest BCUT2D eigenvalue weighted by Gasteiger charge is 2.22. The lowest BCUT2D eigenvalue weighted by atomic mass is 10.0. The molecule has 2 N–H and O–H groups in total. The first-order valence-electron chi connectivity index (χ1n) is 6.90. The molecule has 96 valence electrons. The highest BCUT2D eigenvalue weighted by Crippen LogP contribution is 2.31. The highest BCUT2D eigenvalue weighted by atomic mass is 16.5. The summed E-state index contributed by atoms with van der Waals surface area (Å²) >= 11 is 0. The smallest absolute Gasteiger partial charge is 0.229 e. The zero-order valence-corrected chi connectivity index (χ0v) is 10.7. The second kappa shape index (κ2) is 6.15. The third-order valence-corrected chi connectivity index (χ3v) is 3.59. The van der Waals surface area contributed by atoms with Crippen LogP contribution in [0.5, 0.6) is 0 Å². The Morgan fingerprint density at radius 3 is 2.65 bits per heavy atom. The number of rotatable bonds is 4. The lowest BCUT2D eigenvalue weighted by molar-refractivity contribution is 0.335. The molecule has 0 radical (unpaired) electrons. The van der Waals surface area contributed by atoms with Crippen molar-refractivity contribution < 1.29 is 4.52 Å². The van der Waals surface area contributed by atoms with Gasteiger partial charge in [-0.25, -0.2) is 0 Å². The van der Waals surface area contributed by atoms with Crippen LogP contribution in [0, 0.1) is 0 Å². The van der Waals surface area contributed by atoms with E-state index >= 15 is 0 Å². The molecule has 1 aliphatic carbocycles. The average Bonchev–Trinajstić information content (AvgIpc) is 2.66. The first-order chi connectivity index (χ1) is 8.31. The van der Waals surface area contributed by atoms with E-state index in [9.17, 15) is 0 Å². The fourth-order valence-electron chi connectivity index (χ4n) is 2.53. The normalized spacial score (nSPS) is 20.1. The highest BCUT2D eigenvalue weighted by molar-refractivity contribution is 4.98. The van der Waals surface area contributed by atoms with Crippen LogP contribution < -0.4 is 5.73 Å². The van der Waals surface area contributed by atoms with Crippen molar-refractivity contribution in [1.82, 2.24) is 10.1 Å². The summed E-state index contributed by atoms with van der Waals surface area (Å²) in [6.45, 7) is 2.12. The molecule has 0 spiro atoms. The molecule has 1 unspecified atom stereocenters. The molecule has 4 nitrogen and oxygen atoms in total. The van der Waals surface area contributed by atoms with E-state index in [-0.39, 0.29) is 6.04 Å². The molecule has 1 saturated carbocycles. The first kappa shape index (κ1) is 12.6. The number of hydrogen-bond acceptors (Lipinski definition) is 4. The maximum atomic E-state index is 5.99. The van der Waals surface area contributed by atoms with Gasteiger partial charge in [0.1, 0.15) is 0 Å². The van der Waals surface area contributed by atoms with Crippen molar-refractivity contribution in [2.45, 2.75) is 70.3 Å². The van der Waals surface area contributed by atoms with Crippen LogP contribution in [-0.2, 0) is 0 Å². The number of aromatic nitrogens is 2. The van der Waals surface area contributed by atoms with Crippen LogP contribution in [0.25, 0.3) is 0 Å². The van der Waals surface area contributed by atoms with E-state index in [2.05, 4.69) is 17.1 Å². The Bertz CT molecular complexity index is 329. The fourth-order valence-corrected chi connectivity index (χ4v) is 2.53. The van der Waals surface area contributed by atoms with Gasteiger partial charge in [0.25, 0.3) is 0 Å². The number of nitrogens with two attached hydrogens (primary N) is 1. The molecule has 17 heavy (non-hydrogen) atoms. The maximum Gasteiger partial charge on any atom is 0.229 e. The Morgan fingerprint density at radius 2 is 2.00 bits per heavy atom. The van der Waals surface area contributed by atoms with E-state index in [1.165, 1.54) is 38.5 Å². The van der Waals surface area contributed by atoms with Crippen molar-refractivity contribution in [1.29, 1.82) is 0 Å². The summed E-state index contributed by atoms with van der Waals surface area (Å²) in [5.74, 6) is 1.96. The minimum atomic E-state index is -0.0664. The summed E-state index contributed by atoms with van der Waals surface area (Å²) in [6, 6.07) is -0.0664. The number of hydrogen-bond donors (Lipinski definition) is 1. The molecule has 0 aromatic carbocycles. The standard InChI is InChI=1S/C13H23N3O/c1-2-7-11(14)12-15-13(17-16-12)10-8-5-3-4-6-9-10/h10-11H,2-9,14H2,1H3. The van der Waals surface area contributed by atoms with Crippen LogP contribution in [0.1, 0.15) is 82.0 Å². The minimum absolute atomic E-state index is 0.0664. The molecule has 1 fully saturated rings. The summed E-state index contributed by atoms with van der Waals surface area (Å²) in [4.78, 5) is 4.49. The summed E-state index contributed by atoms with van der Waals surface area (Å²) in [5, 5.41) is 4.03. The van der Waals surface area contributed by atoms with Crippen LogP contribution in [0.4, 0.5) is 0 Å². The Morgan fingerprint density at radius 1 is 1.29 bits per heavy atom. The van der Waals surface area contributed by atoms with Crippen LogP contribution in [0.2, 0.25) is 0 Å². The van der Waals surface area contributed by atoms with Crippen molar-refractivity contribution >= 4 is 0 Å². The molecule has 2 rings (SSSR count). The molecular weight excluding hydrogens is 214 g/mol. The lowest BCUT2D eigenvalue weighted by Gasteiger charge is -2.07. The van der Waals surface area contributed by atoms with Gasteiger partial charge in [0, 0.05) is 5.92 Å². The Labute approximate surface area is 103 Å². The van der Waals surface area contributed by atoms with Gasteiger partial charge in [-0.3, -0.25) is 0 Å². The summed E-state index contributed by atoms with van der Waals surface area (Å²) < 4.78 is 5.39. The second-order valence-electron chi connectivity index (χ2n) is 5.07. The van der Waals surface area contributed by atoms with Gasteiger partial charge in [-0.2, -0.15) is 4.98 Å². The van der Waals surface area contributed by atoms with Crippen LogP contribution in [0.15, 0.2) is 4.52 Å². The Hall–Kier alpha value is -0.900. The quantitative estimate of drug-likeness (QED) is 0.816. The van der Waals surface area contributed by atoms with E-state index < -0.39 is 0 Å². The van der Waals surface area contributed by atoms with Crippen molar-refractivity contribution in [2.75, 3.05) is 0 Å². The topological polar surface area (TPSA) is 64.9 Å². The van der Waals surface area contributed by atoms with Gasteiger partial charge in [0.2, 0.25) is 5.89 Å². The van der Waals surface area contributed by atoms with Gasteiger partial charge in [-0.15, -0.1) is 0 Å². The molecule has 1 atom stereocenters. The molecule has 0 bridgehead atoms. The van der Waals surface area contributed by atoms with E-state index in [1.807, 2.05) is 0 Å². The minimum Gasteiger partial charge on any atom is -0.339 e. The molecule has 1 heterocycles. The molecule has 0 aliphatic heterocycles. The van der Waals surface area contributed by atoms with E-state index in [0.29, 0.717) is 11.7 Å². The van der Waals surface area contributed by atoms with Crippen molar-refractivity contribution in [2.24, 2.45) is 5.73 Å². The van der Waals surface area contributed by atoms with Gasteiger partial charge in [0.05, 0.1) is 6.04 Å². The van der Waals surface area contributed by atoms with Crippen molar-refractivity contribution in [3.63, 3.8) is 0 Å². The molecule has 4 heteroatoms. The van der Waals surface area contributed by atoms with E-state index in [4.69, 9.17) is 10.3 Å². The van der Waals surface area contributed by atoms with Crippen LogP contribution >= 0.6 is 0 Å². The zero-order chi connectivity index (χ0) is 12.1. The molecule has 0 saturated heterocycles. The first-order valence-corrected chi connectivity index (χ1v) is 6.90. The Kier molecular flexibility index (Phi) is 4.54. The molecule has 0 amide bonds. The van der Waals surface area contributed by atoms with Crippen LogP contribution in [-0.4, -0.2) is 10.1 Å². The van der Waals surface area contributed by atoms with Crippen LogP contribution in [0.3, 0.4) is 0 Å². The van der Waals surface area contributed by atoms with Gasteiger partial charge in [0.15, 0.2) is 5.82 Å². The predicted molar refractivity (Wildman–Crippen MR) is 66.6 cm³/mol. The second-order valence-corrected chi connectivity index (χ2v) is 5.07. The Balaban J connectivity index is 2.01. The zero-order valence-electron chi connectivity index (χ0n) is 10.7. The van der Waals surface area contributed by atoms with Gasteiger partial charge in [-0.1, -0.05) is 44.2 Å². The summed E-state index contributed by atoms with van der Waals surface area (Å²) in [6.07, 6.45) is 9.58. The monoisotopic (exact) mass is 237 g/mol. The summed E-state index contributed by atoms with van der Waals surface area (Å²) in [5.41, 5.74) is 5.99. The van der Waals surface area contributed by atoms with Gasteiger partial charge >= 0.3 is 0 Å². The van der Waals surface area contributed by atoms with Crippen molar-refractivity contribution in [3.05, 3.63) is 11.7 Å². The maximum absolute atomic E-state index is 5.99. The number of nitrogens with zero attached hydrogens (tertiary/aromatic N) is 2. The molecule has 1 aliphatic rings. The predicted octanol–water partition coefficient (Wildman–Crippen LogP) is 3.31. The largest absolute Gasteiger partial charge is 0.339 e. The third kappa shape index (κ3) is 3.28. The lowest BCUT2D eigenvalue weighted by Crippen LogP contribution is -2.11. The molecular formula is C13H23N3O. The molecule has 1 aromatic rings. The van der Waals surface area contributed by atoms with E-state index in [1.54, 1.807) is 0 Å². The van der Waals surface area contributed by atoms with Gasteiger partial charge < -0.3 is 10.3 Å².